The maximum absolute atomic E-state index is 12.2. The van der Waals surface area contributed by atoms with Gasteiger partial charge in [0.25, 0.3) is 0 Å². The predicted molar refractivity (Wildman–Crippen MR) is 81.0 cm³/mol. The summed E-state index contributed by atoms with van der Waals surface area (Å²) in [4.78, 5) is 14.0. The predicted octanol–water partition coefficient (Wildman–Crippen LogP) is 3.46. The van der Waals surface area contributed by atoms with Gasteiger partial charge < -0.3 is 10.2 Å². The van der Waals surface area contributed by atoms with Crippen molar-refractivity contribution in [2.75, 3.05) is 13.1 Å². The number of rotatable bonds is 2. The van der Waals surface area contributed by atoms with E-state index in [0.717, 1.165) is 22.9 Å². The van der Waals surface area contributed by atoms with Gasteiger partial charge in [-0.15, -0.1) is 0 Å². The molecule has 0 aliphatic carbocycles. The molecule has 1 atom stereocenters. The second-order valence-corrected chi connectivity index (χ2v) is 6.03. The van der Waals surface area contributed by atoms with Crippen LogP contribution in [-0.4, -0.2) is 24.0 Å². The summed E-state index contributed by atoms with van der Waals surface area (Å²) in [5.74, 6) is 0.1000. The first-order valence-corrected chi connectivity index (χ1v) is 7.60. The highest BCUT2D eigenvalue weighted by molar-refractivity contribution is 9.10. The summed E-state index contributed by atoms with van der Waals surface area (Å²) in [5.41, 5.74) is 1.08. The van der Waals surface area contributed by atoms with E-state index in [1.807, 2.05) is 31.2 Å². The van der Waals surface area contributed by atoms with Gasteiger partial charge in [-0.2, -0.15) is 5.26 Å². The number of halogens is 1. The monoisotopic (exact) mass is 335 g/mol. The van der Waals surface area contributed by atoms with Gasteiger partial charge in [-0.25, -0.2) is 4.79 Å². The van der Waals surface area contributed by atoms with Gasteiger partial charge in [0, 0.05) is 23.5 Å². The van der Waals surface area contributed by atoms with Crippen molar-refractivity contribution in [3.05, 3.63) is 34.3 Å². The summed E-state index contributed by atoms with van der Waals surface area (Å²) in [6.07, 6.45) is 1.55. The third-order valence-corrected chi connectivity index (χ3v) is 4.20. The van der Waals surface area contributed by atoms with Crippen LogP contribution in [0.25, 0.3) is 0 Å². The fourth-order valence-electron chi connectivity index (χ4n) is 2.32. The maximum atomic E-state index is 12.2. The number of piperidine rings is 1. The first kappa shape index (κ1) is 14.9. The molecule has 20 heavy (non-hydrogen) atoms. The molecule has 1 aromatic carbocycles. The quantitative estimate of drug-likeness (QED) is 0.899. The number of nitriles is 1. The molecule has 1 aromatic rings. The minimum Gasteiger partial charge on any atom is -0.331 e. The summed E-state index contributed by atoms with van der Waals surface area (Å²) in [6, 6.07) is 10.1. The maximum Gasteiger partial charge on any atom is 0.317 e. The van der Waals surface area contributed by atoms with E-state index < -0.39 is 0 Å². The Bertz CT molecular complexity index is 501. The van der Waals surface area contributed by atoms with E-state index >= 15 is 0 Å². The number of urea groups is 1. The van der Waals surface area contributed by atoms with Crippen molar-refractivity contribution in [1.29, 1.82) is 5.26 Å². The molecule has 1 heterocycles. The van der Waals surface area contributed by atoms with Crippen molar-refractivity contribution in [2.24, 2.45) is 5.92 Å². The lowest BCUT2D eigenvalue weighted by molar-refractivity contribution is 0.176. The highest BCUT2D eigenvalue weighted by atomic mass is 79.9. The molecular formula is C15H18BrN3O. The van der Waals surface area contributed by atoms with Crippen LogP contribution in [0.2, 0.25) is 0 Å². The molecule has 0 aromatic heterocycles. The third kappa shape index (κ3) is 3.73. The molecule has 2 rings (SSSR count). The highest BCUT2D eigenvalue weighted by Gasteiger charge is 2.23. The Morgan fingerprint density at radius 1 is 1.40 bits per heavy atom. The van der Waals surface area contributed by atoms with Crippen LogP contribution in [0.1, 0.15) is 31.4 Å². The zero-order chi connectivity index (χ0) is 14.5. The zero-order valence-electron chi connectivity index (χ0n) is 11.5. The second kappa shape index (κ2) is 6.76. The smallest absolute Gasteiger partial charge is 0.317 e. The summed E-state index contributed by atoms with van der Waals surface area (Å²) < 4.78 is 1.03. The van der Waals surface area contributed by atoms with E-state index in [2.05, 4.69) is 27.3 Å². The first-order valence-electron chi connectivity index (χ1n) is 6.80. The average Bonchev–Trinajstić information content (AvgIpc) is 2.48. The lowest BCUT2D eigenvalue weighted by atomic mass is 9.99. The number of nitrogens with zero attached hydrogens (tertiary/aromatic N) is 2. The van der Waals surface area contributed by atoms with Gasteiger partial charge in [0.2, 0.25) is 0 Å². The average molecular weight is 336 g/mol. The number of likely N-dealkylation sites (tertiary alicyclic amines) is 1. The highest BCUT2D eigenvalue weighted by Crippen LogP contribution is 2.19. The van der Waals surface area contributed by atoms with Crippen LogP contribution in [0.4, 0.5) is 4.79 Å². The Morgan fingerprint density at radius 3 is 2.55 bits per heavy atom. The number of amides is 2. The van der Waals surface area contributed by atoms with Crippen LogP contribution in [0.3, 0.4) is 0 Å². The summed E-state index contributed by atoms with van der Waals surface area (Å²) in [5, 5.41) is 11.9. The summed E-state index contributed by atoms with van der Waals surface area (Å²) in [6.45, 7) is 3.30. The number of carbonyl (C=O) groups is 1. The van der Waals surface area contributed by atoms with Gasteiger partial charge in [-0.05, 0) is 37.5 Å². The van der Waals surface area contributed by atoms with Crippen LogP contribution in [0.5, 0.6) is 0 Å². The number of benzene rings is 1. The van der Waals surface area contributed by atoms with Crippen molar-refractivity contribution < 1.29 is 4.79 Å². The van der Waals surface area contributed by atoms with Crippen molar-refractivity contribution in [2.45, 2.75) is 25.8 Å². The van der Waals surface area contributed by atoms with Crippen molar-refractivity contribution in [3.63, 3.8) is 0 Å². The molecule has 5 heteroatoms. The van der Waals surface area contributed by atoms with E-state index in [4.69, 9.17) is 5.26 Å². The number of hydrogen-bond acceptors (Lipinski definition) is 2. The lowest BCUT2D eigenvalue weighted by Crippen LogP contribution is -2.45. The van der Waals surface area contributed by atoms with Crippen molar-refractivity contribution in [1.82, 2.24) is 10.2 Å². The first-order chi connectivity index (χ1) is 9.60. The molecule has 0 saturated carbocycles. The molecule has 106 valence electrons. The van der Waals surface area contributed by atoms with Crippen molar-refractivity contribution >= 4 is 22.0 Å². The molecule has 0 unspecified atom stereocenters. The van der Waals surface area contributed by atoms with Gasteiger partial charge in [-0.3, -0.25) is 0 Å². The van der Waals surface area contributed by atoms with E-state index in [1.165, 1.54) is 0 Å². The fraction of sp³-hybridized carbons (Fsp3) is 0.467. The minimum atomic E-state index is -0.0446. The van der Waals surface area contributed by atoms with Crippen LogP contribution in [0.15, 0.2) is 28.7 Å². The van der Waals surface area contributed by atoms with Crippen LogP contribution >= 0.6 is 15.9 Å². The number of carbonyl (C=O) groups excluding carboxylic acids is 1. The Morgan fingerprint density at radius 2 is 2.00 bits per heavy atom. The molecule has 0 radical (unpaired) electrons. The van der Waals surface area contributed by atoms with E-state index in [9.17, 15) is 4.79 Å². The summed E-state index contributed by atoms with van der Waals surface area (Å²) >= 11 is 3.40. The van der Waals surface area contributed by atoms with Gasteiger partial charge in [0.05, 0.1) is 12.1 Å². The van der Waals surface area contributed by atoms with Crippen LogP contribution < -0.4 is 5.32 Å². The van der Waals surface area contributed by atoms with E-state index in [1.54, 1.807) is 4.90 Å². The molecule has 1 fully saturated rings. The number of nitrogens with one attached hydrogen (secondary N) is 1. The van der Waals surface area contributed by atoms with Crippen LogP contribution in [-0.2, 0) is 0 Å². The second-order valence-electron chi connectivity index (χ2n) is 5.11. The molecule has 0 bridgehead atoms. The molecule has 1 aliphatic heterocycles. The molecule has 1 saturated heterocycles. The van der Waals surface area contributed by atoms with Gasteiger partial charge in [0.15, 0.2) is 0 Å². The molecule has 1 N–H and O–H groups in total. The normalized spacial score (nSPS) is 17.4. The largest absolute Gasteiger partial charge is 0.331 e. The van der Waals surface area contributed by atoms with E-state index in [0.29, 0.717) is 13.1 Å². The van der Waals surface area contributed by atoms with Gasteiger partial charge in [-0.1, -0.05) is 28.1 Å². The molecule has 1 aliphatic rings. The molecule has 0 spiro atoms. The van der Waals surface area contributed by atoms with Crippen molar-refractivity contribution in [3.8, 4) is 6.07 Å². The molecule has 2 amide bonds. The van der Waals surface area contributed by atoms with Crippen LogP contribution in [0, 0.1) is 17.2 Å². The van der Waals surface area contributed by atoms with Gasteiger partial charge >= 0.3 is 6.03 Å². The topological polar surface area (TPSA) is 56.1 Å². The lowest BCUT2D eigenvalue weighted by Gasteiger charge is -2.30. The minimum absolute atomic E-state index is 0.0238. The fourth-order valence-corrected chi connectivity index (χ4v) is 2.59. The third-order valence-electron chi connectivity index (χ3n) is 3.67. The molecule has 4 nitrogen and oxygen atoms in total. The zero-order valence-corrected chi connectivity index (χ0v) is 13.1. The Kier molecular flexibility index (Phi) is 5.02. The number of hydrogen-bond donors (Lipinski definition) is 1. The Labute approximate surface area is 127 Å². The van der Waals surface area contributed by atoms with E-state index in [-0.39, 0.29) is 18.0 Å². The molecular weight excluding hydrogens is 318 g/mol. The Balaban J connectivity index is 1.88. The summed E-state index contributed by atoms with van der Waals surface area (Å²) in [7, 11) is 0. The standard InChI is InChI=1S/C15H18BrN3O/c1-11(13-2-4-14(16)5-3-13)18-15(20)19-8-6-12(10-17)7-9-19/h2-5,11-12H,6-9H2,1H3,(H,18,20)/t11-/m0/s1. The Hall–Kier alpha value is -1.54. The van der Waals surface area contributed by atoms with Gasteiger partial charge in [0.1, 0.15) is 0 Å². The SMILES string of the molecule is C[C@H](NC(=O)N1CCC(C#N)CC1)c1ccc(Br)cc1.